The number of aromatic amines is 1. The predicted molar refractivity (Wildman–Crippen MR) is 120 cm³/mol. The molecule has 0 radical (unpaired) electrons. The van der Waals surface area contributed by atoms with Crippen LogP contribution in [0.2, 0.25) is 0 Å². The SMILES string of the molecule is N#Cc1cc(-n2ncc(C(=O)Nc3ccnc(C(F)(F)F)c3)c2C(F)(F)F)c2cccc3c(=C=O)[nH]c1c23. The molecule has 0 saturated heterocycles. The molecule has 0 atom stereocenters. The summed E-state index contributed by atoms with van der Waals surface area (Å²) in [5.41, 5.74) is -4.40. The molecule has 2 N–H and O–H groups in total. The maximum atomic E-state index is 14.3. The number of nitrogens with zero attached hydrogens (tertiary/aromatic N) is 4. The summed E-state index contributed by atoms with van der Waals surface area (Å²) in [6.45, 7) is 0. The van der Waals surface area contributed by atoms with Crippen LogP contribution in [0.3, 0.4) is 0 Å². The number of hydrogen-bond acceptors (Lipinski definition) is 5. The Morgan fingerprint density at radius 2 is 1.79 bits per heavy atom. The van der Waals surface area contributed by atoms with Crippen LogP contribution in [0.1, 0.15) is 27.3 Å². The van der Waals surface area contributed by atoms with E-state index in [4.69, 9.17) is 0 Å². The molecule has 2 aromatic carbocycles. The van der Waals surface area contributed by atoms with Crippen molar-refractivity contribution in [2.45, 2.75) is 12.4 Å². The zero-order valence-electron chi connectivity index (χ0n) is 18.5. The first-order valence-electron chi connectivity index (χ1n) is 10.5. The molecule has 0 unspecified atom stereocenters. The van der Waals surface area contributed by atoms with Gasteiger partial charge < -0.3 is 10.3 Å². The van der Waals surface area contributed by atoms with Gasteiger partial charge in [0.25, 0.3) is 5.91 Å². The molecule has 5 rings (SSSR count). The third-order valence-electron chi connectivity index (χ3n) is 5.70. The Bertz CT molecular complexity index is 1870. The first kappa shape index (κ1) is 24.5. The smallest absolute Gasteiger partial charge is 0.344 e. The normalized spacial score (nSPS) is 12.0. The fourth-order valence-corrected chi connectivity index (χ4v) is 4.16. The predicted octanol–water partition coefficient (Wildman–Crippen LogP) is 4.29. The number of pyridine rings is 1. The molecular weight excluding hydrogens is 518 g/mol. The number of anilines is 1. The summed E-state index contributed by atoms with van der Waals surface area (Å²) in [6.07, 6.45) is -8.63. The summed E-state index contributed by atoms with van der Waals surface area (Å²) < 4.78 is 82.1. The number of alkyl halides is 6. The molecule has 5 aromatic rings. The van der Waals surface area contributed by atoms with E-state index in [-0.39, 0.29) is 32.9 Å². The van der Waals surface area contributed by atoms with E-state index in [1.54, 1.807) is 5.94 Å². The zero-order valence-corrected chi connectivity index (χ0v) is 18.5. The van der Waals surface area contributed by atoms with E-state index in [9.17, 15) is 41.2 Å². The largest absolute Gasteiger partial charge is 0.434 e. The number of amides is 1. The monoisotopic (exact) mass is 528 g/mol. The molecule has 3 heterocycles. The minimum absolute atomic E-state index is 0.00796. The summed E-state index contributed by atoms with van der Waals surface area (Å²) >= 11 is 0. The van der Waals surface area contributed by atoms with Crippen LogP contribution in [0.4, 0.5) is 32.0 Å². The van der Waals surface area contributed by atoms with E-state index < -0.39 is 40.9 Å². The van der Waals surface area contributed by atoms with Crippen LogP contribution in [0, 0.1) is 11.3 Å². The highest BCUT2D eigenvalue weighted by Crippen LogP contribution is 2.38. The molecule has 0 saturated carbocycles. The number of hydrogen-bond donors (Lipinski definition) is 2. The number of H-pyrrole nitrogens is 1. The van der Waals surface area contributed by atoms with Crippen molar-refractivity contribution < 1.29 is 35.9 Å². The highest BCUT2D eigenvalue weighted by Gasteiger charge is 2.41. The average molecular weight is 528 g/mol. The van der Waals surface area contributed by atoms with Crippen LogP contribution in [0.25, 0.3) is 27.4 Å². The lowest BCUT2D eigenvalue weighted by molar-refractivity contribution is -0.143. The summed E-state index contributed by atoms with van der Waals surface area (Å²) in [5, 5.41) is 16.1. The fourth-order valence-electron chi connectivity index (χ4n) is 4.16. The number of benzene rings is 2. The van der Waals surface area contributed by atoms with E-state index in [0.29, 0.717) is 22.3 Å². The molecule has 38 heavy (non-hydrogen) atoms. The van der Waals surface area contributed by atoms with E-state index in [1.807, 2.05) is 11.4 Å². The molecule has 0 bridgehead atoms. The first-order valence-corrected chi connectivity index (χ1v) is 10.5. The van der Waals surface area contributed by atoms with Crippen LogP contribution in [-0.4, -0.2) is 31.6 Å². The van der Waals surface area contributed by atoms with Crippen molar-refractivity contribution in [2.75, 3.05) is 5.32 Å². The summed E-state index contributed by atoms with van der Waals surface area (Å²) in [4.78, 5) is 30.0. The fraction of sp³-hybridized carbons (Fsp3) is 0.0833. The van der Waals surface area contributed by atoms with Crippen molar-refractivity contribution >= 4 is 39.2 Å². The lowest BCUT2D eigenvalue weighted by atomic mass is 10.0. The Kier molecular flexibility index (Phi) is 5.46. The second-order valence-electron chi connectivity index (χ2n) is 7.96. The van der Waals surface area contributed by atoms with Gasteiger partial charge in [-0.3, -0.25) is 9.78 Å². The molecule has 190 valence electrons. The lowest BCUT2D eigenvalue weighted by Gasteiger charge is -2.15. The van der Waals surface area contributed by atoms with Gasteiger partial charge in [0.1, 0.15) is 17.1 Å². The van der Waals surface area contributed by atoms with Gasteiger partial charge in [0, 0.05) is 28.0 Å². The number of rotatable bonds is 3. The van der Waals surface area contributed by atoms with Gasteiger partial charge in [-0.25, -0.2) is 9.48 Å². The van der Waals surface area contributed by atoms with Crippen molar-refractivity contribution in [1.29, 1.82) is 5.26 Å². The summed E-state index contributed by atoms with van der Waals surface area (Å²) in [6, 6.07) is 8.89. The van der Waals surface area contributed by atoms with Crippen molar-refractivity contribution in [3.05, 3.63) is 76.7 Å². The maximum Gasteiger partial charge on any atom is 0.434 e. The molecule has 0 spiro atoms. The second kappa shape index (κ2) is 8.46. The van der Waals surface area contributed by atoms with E-state index in [0.717, 1.165) is 18.3 Å². The number of carbonyl (C=O) groups excluding carboxylic acids is 2. The molecule has 1 amide bonds. The van der Waals surface area contributed by atoms with Crippen LogP contribution in [0.5, 0.6) is 0 Å². The van der Waals surface area contributed by atoms with Gasteiger partial charge in [-0.2, -0.15) is 36.7 Å². The topological polar surface area (TPSA) is 116 Å². The van der Waals surface area contributed by atoms with E-state index >= 15 is 0 Å². The van der Waals surface area contributed by atoms with E-state index in [1.165, 1.54) is 18.2 Å². The van der Waals surface area contributed by atoms with Gasteiger partial charge in [-0.05, 0) is 18.2 Å². The molecule has 0 aliphatic rings. The first-order chi connectivity index (χ1) is 17.9. The van der Waals surface area contributed by atoms with Gasteiger partial charge in [-0.15, -0.1) is 0 Å². The summed E-state index contributed by atoms with van der Waals surface area (Å²) in [7, 11) is 0. The van der Waals surface area contributed by atoms with Crippen LogP contribution >= 0.6 is 0 Å². The van der Waals surface area contributed by atoms with Crippen molar-refractivity contribution in [1.82, 2.24) is 19.7 Å². The standard InChI is InChI=1S/C24H10F6N6O2/c25-23(26,27)18-7-12(4-5-32-18)34-22(38)15-9-33-36(21(15)24(28,29)30)17-6-11(8-31)20-19-13(16(10-37)35-20)2-1-3-14(17)19/h1-7,9,35H,(H,32,34,38). The molecule has 0 aliphatic carbocycles. The van der Waals surface area contributed by atoms with Crippen LogP contribution in [0.15, 0.2) is 48.8 Å². The number of aromatic nitrogens is 4. The maximum absolute atomic E-state index is 14.3. The number of nitriles is 1. The molecule has 0 aliphatic heterocycles. The second-order valence-corrected chi connectivity index (χ2v) is 7.96. The Balaban J connectivity index is 1.70. The van der Waals surface area contributed by atoms with Crippen LogP contribution < -0.4 is 10.7 Å². The zero-order chi connectivity index (χ0) is 27.4. The number of halogens is 6. The van der Waals surface area contributed by atoms with Crippen molar-refractivity contribution in [3.8, 4) is 11.8 Å². The minimum atomic E-state index is -5.15. The van der Waals surface area contributed by atoms with Gasteiger partial charge >= 0.3 is 12.4 Å². The molecule has 8 nitrogen and oxygen atoms in total. The van der Waals surface area contributed by atoms with Gasteiger partial charge in [0.15, 0.2) is 11.6 Å². The number of carbonyl (C=O) groups is 1. The van der Waals surface area contributed by atoms with Gasteiger partial charge in [0.05, 0.1) is 28.5 Å². The number of nitrogens with one attached hydrogen (secondary N) is 2. The molecule has 14 heteroatoms. The lowest BCUT2D eigenvalue weighted by Crippen LogP contribution is -2.21. The van der Waals surface area contributed by atoms with Crippen molar-refractivity contribution in [3.63, 3.8) is 0 Å². The highest BCUT2D eigenvalue weighted by atomic mass is 19.4. The third kappa shape index (κ3) is 3.91. The van der Waals surface area contributed by atoms with Gasteiger partial charge in [0.2, 0.25) is 0 Å². The summed E-state index contributed by atoms with van der Waals surface area (Å²) in [5.74, 6) is 0.315. The average Bonchev–Trinajstić information content (AvgIpc) is 3.48. The Hall–Kier alpha value is -5.15. The minimum Gasteiger partial charge on any atom is -0.344 e. The third-order valence-corrected chi connectivity index (χ3v) is 5.70. The Morgan fingerprint density at radius 1 is 1.05 bits per heavy atom. The van der Waals surface area contributed by atoms with Crippen LogP contribution in [-0.2, 0) is 17.1 Å². The van der Waals surface area contributed by atoms with E-state index in [2.05, 4.69) is 15.1 Å². The molecular formula is C24H10F6N6O2. The van der Waals surface area contributed by atoms with Crippen molar-refractivity contribution in [2.24, 2.45) is 0 Å². The Morgan fingerprint density at radius 3 is 2.45 bits per heavy atom. The van der Waals surface area contributed by atoms with Gasteiger partial charge in [-0.1, -0.05) is 18.2 Å². The molecule has 3 aromatic heterocycles. The molecule has 0 fully saturated rings. The quantitative estimate of drug-likeness (QED) is 0.339. The Labute approximate surface area is 206 Å². The highest BCUT2D eigenvalue weighted by molar-refractivity contribution is 6.15.